The largest absolute Gasteiger partial charge is 0.462 e. The summed E-state index contributed by atoms with van der Waals surface area (Å²) in [5.74, 6) is -0.760. The molecule has 0 amide bonds. The summed E-state index contributed by atoms with van der Waals surface area (Å²) in [6.07, 6.45) is 0. The summed E-state index contributed by atoms with van der Waals surface area (Å²) < 4.78 is 10.4. The smallest absolute Gasteiger partial charge is 0.361 e. The highest BCUT2D eigenvalue weighted by Crippen LogP contribution is 2.21. The second kappa shape index (κ2) is 12.6. The van der Waals surface area contributed by atoms with E-state index < -0.39 is 0 Å². The van der Waals surface area contributed by atoms with E-state index in [2.05, 4.69) is 0 Å². The number of hydrogen-bond donors (Lipinski definition) is 0. The molecule has 0 unspecified atom stereocenters. The zero-order chi connectivity index (χ0) is 26.9. The number of quaternary nitrogens is 2. The molecule has 0 spiro atoms. The minimum Gasteiger partial charge on any atom is -0.462 e. The molecular formula is C28H38N2O6+2. The number of nitrogens with zero attached hydrogens (tertiary/aromatic N) is 2. The lowest BCUT2D eigenvalue weighted by atomic mass is 10.00. The molecule has 36 heavy (non-hydrogen) atoms. The van der Waals surface area contributed by atoms with Crippen molar-refractivity contribution in [2.24, 2.45) is 0 Å². The van der Waals surface area contributed by atoms with Gasteiger partial charge in [0, 0.05) is 11.1 Å². The van der Waals surface area contributed by atoms with Crippen molar-refractivity contribution in [3.05, 3.63) is 59.7 Å². The lowest BCUT2D eigenvalue weighted by Crippen LogP contribution is -2.47. The fraction of sp³-hybridized carbons (Fsp3) is 0.429. The van der Waals surface area contributed by atoms with Gasteiger partial charge in [0.05, 0.1) is 41.4 Å². The molecule has 8 heteroatoms. The lowest BCUT2D eigenvalue weighted by Gasteiger charge is -2.27. The molecule has 0 bridgehead atoms. The first kappa shape index (κ1) is 28.9. The van der Waals surface area contributed by atoms with Gasteiger partial charge in [0.25, 0.3) is 0 Å². The average molecular weight is 499 g/mol. The van der Waals surface area contributed by atoms with Gasteiger partial charge < -0.3 is 18.4 Å². The summed E-state index contributed by atoms with van der Waals surface area (Å²) in [6, 6.07) is 14.6. The number of hydrogen-bond acceptors (Lipinski definition) is 6. The number of esters is 2. The van der Waals surface area contributed by atoms with Crippen LogP contribution in [0.4, 0.5) is 0 Å². The molecule has 2 aromatic carbocycles. The standard InChI is InChI=1S/C28H38N2O6/c1-7-35-27(33)19-29(3,4)17-25(31)23-13-9-21(10-14-23)22-11-15-24(16-12-22)26(32)18-30(5,6)20-28(34)36-8-2/h9-16H,7-8,17-20H2,1-6H3/q+2. The van der Waals surface area contributed by atoms with Crippen LogP contribution in [0.2, 0.25) is 0 Å². The topological polar surface area (TPSA) is 86.7 Å². The Morgan fingerprint density at radius 2 is 0.861 bits per heavy atom. The van der Waals surface area contributed by atoms with E-state index >= 15 is 0 Å². The maximum absolute atomic E-state index is 12.7. The van der Waals surface area contributed by atoms with Gasteiger partial charge >= 0.3 is 11.9 Å². The Bertz CT molecular complexity index is 985. The van der Waals surface area contributed by atoms with Gasteiger partial charge in [0.2, 0.25) is 11.6 Å². The number of carbonyl (C=O) groups is 4. The first-order valence-electron chi connectivity index (χ1n) is 12.1. The number of carbonyl (C=O) groups excluding carboxylic acids is 4. The Labute approximate surface area is 213 Å². The van der Waals surface area contributed by atoms with Crippen LogP contribution in [0.25, 0.3) is 11.1 Å². The number of Topliss-reactive ketones (excluding diaryl/α,β-unsaturated/α-hetero) is 2. The van der Waals surface area contributed by atoms with Crippen molar-refractivity contribution in [3.8, 4) is 11.1 Å². The zero-order valence-corrected chi connectivity index (χ0v) is 22.2. The summed E-state index contributed by atoms with van der Waals surface area (Å²) in [5, 5.41) is 0. The third-order valence-corrected chi connectivity index (χ3v) is 5.62. The van der Waals surface area contributed by atoms with E-state index in [4.69, 9.17) is 9.47 Å². The number of likely N-dealkylation sites (N-methyl/N-ethyl adjacent to an activating group) is 2. The van der Waals surface area contributed by atoms with Crippen LogP contribution >= 0.6 is 0 Å². The van der Waals surface area contributed by atoms with Gasteiger partial charge in [-0.3, -0.25) is 9.59 Å². The fourth-order valence-corrected chi connectivity index (χ4v) is 3.88. The predicted molar refractivity (Wildman–Crippen MR) is 137 cm³/mol. The van der Waals surface area contributed by atoms with Gasteiger partial charge in [-0.15, -0.1) is 0 Å². The quantitative estimate of drug-likeness (QED) is 0.240. The monoisotopic (exact) mass is 498 g/mol. The van der Waals surface area contributed by atoms with Gasteiger partial charge in [-0.1, -0.05) is 48.5 Å². The molecule has 0 N–H and O–H groups in total. The second-order valence-corrected chi connectivity index (χ2v) is 10.1. The van der Waals surface area contributed by atoms with Crippen LogP contribution in [0.3, 0.4) is 0 Å². The lowest BCUT2D eigenvalue weighted by molar-refractivity contribution is -0.874. The molecule has 0 aliphatic rings. The van der Waals surface area contributed by atoms with Gasteiger partial charge in [-0.25, -0.2) is 9.59 Å². The molecule has 0 heterocycles. The number of ketones is 2. The van der Waals surface area contributed by atoms with E-state index in [0.717, 1.165) is 11.1 Å². The third kappa shape index (κ3) is 9.02. The Morgan fingerprint density at radius 1 is 0.556 bits per heavy atom. The first-order valence-corrected chi connectivity index (χ1v) is 12.1. The highest BCUT2D eigenvalue weighted by Gasteiger charge is 2.26. The molecule has 194 valence electrons. The minimum atomic E-state index is -0.325. The molecule has 8 nitrogen and oxygen atoms in total. The maximum atomic E-state index is 12.7. The predicted octanol–water partition coefficient (Wildman–Crippen LogP) is 3.00. The van der Waals surface area contributed by atoms with E-state index in [1.807, 2.05) is 52.5 Å². The summed E-state index contributed by atoms with van der Waals surface area (Å²) in [5.41, 5.74) is 2.98. The Balaban J connectivity index is 2.02. The number of benzene rings is 2. The summed E-state index contributed by atoms with van der Waals surface area (Å²) >= 11 is 0. The van der Waals surface area contributed by atoms with E-state index in [1.54, 1.807) is 38.1 Å². The van der Waals surface area contributed by atoms with Gasteiger partial charge in [0.15, 0.2) is 13.1 Å². The van der Waals surface area contributed by atoms with Crippen LogP contribution in [0.5, 0.6) is 0 Å². The van der Waals surface area contributed by atoms with Crippen molar-refractivity contribution >= 4 is 23.5 Å². The van der Waals surface area contributed by atoms with Crippen LogP contribution in [-0.4, -0.2) is 100 Å². The van der Waals surface area contributed by atoms with Crippen molar-refractivity contribution in [2.45, 2.75) is 13.8 Å². The average Bonchev–Trinajstić information content (AvgIpc) is 2.78. The van der Waals surface area contributed by atoms with Crippen LogP contribution in [0.15, 0.2) is 48.5 Å². The maximum Gasteiger partial charge on any atom is 0.361 e. The number of rotatable bonds is 13. The van der Waals surface area contributed by atoms with E-state index in [0.29, 0.717) is 24.3 Å². The first-order chi connectivity index (χ1) is 16.9. The SMILES string of the molecule is CCOC(=O)C[N+](C)(C)CC(=O)c1ccc(-c2ccc(C(=O)C[N+](C)(C)CC(=O)OCC)cc2)cc1. The van der Waals surface area contributed by atoms with Crippen LogP contribution in [-0.2, 0) is 19.1 Å². The molecule has 2 rings (SSSR count). The van der Waals surface area contributed by atoms with Gasteiger partial charge in [-0.05, 0) is 25.0 Å². The Hall–Kier alpha value is -3.36. The highest BCUT2D eigenvalue weighted by molar-refractivity contribution is 5.98. The molecule has 0 radical (unpaired) electrons. The minimum absolute atomic E-state index is 0.0552. The van der Waals surface area contributed by atoms with Crippen molar-refractivity contribution in [1.29, 1.82) is 0 Å². The molecule has 2 aromatic rings. The molecule has 0 saturated heterocycles. The van der Waals surface area contributed by atoms with Crippen LogP contribution < -0.4 is 0 Å². The highest BCUT2D eigenvalue weighted by atomic mass is 16.5. The number of ether oxygens (including phenoxy) is 2. The molecule has 0 aliphatic carbocycles. The molecule has 0 saturated carbocycles. The molecule has 0 aliphatic heterocycles. The van der Waals surface area contributed by atoms with Crippen LogP contribution in [0, 0.1) is 0 Å². The fourth-order valence-electron chi connectivity index (χ4n) is 3.88. The summed E-state index contributed by atoms with van der Waals surface area (Å²) in [6.45, 7) is 4.75. The molecular weight excluding hydrogens is 460 g/mol. The van der Waals surface area contributed by atoms with E-state index in [-0.39, 0.29) is 58.7 Å². The normalized spacial score (nSPS) is 11.6. The van der Waals surface area contributed by atoms with Crippen molar-refractivity contribution in [2.75, 3.05) is 67.6 Å². The van der Waals surface area contributed by atoms with E-state index in [9.17, 15) is 19.2 Å². The van der Waals surface area contributed by atoms with Gasteiger partial charge in [0.1, 0.15) is 13.1 Å². The van der Waals surface area contributed by atoms with Crippen LogP contribution in [0.1, 0.15) is 34.6 Å². The zero-order valence-electron chi connectivity index (χ0n) is 22.2. The van der Waals surface area contributed by atoms with E-state index in [1.165, 1.54) is 0 Å². The summed E-state index contributed by atoms with van der Waals surface area (Å²) in [7, 11) is 7.29. The Morgan fingerprint density at radius 3 is 1.14 bits per heavy atom. The molecule has 0 fully saturated rings. The Kier molecular flexibility index (Phi) is 10.1. The molecule has 0 aromatic heterocycles. The van der Waals surface area contributed by atoms with Crippen molar-refractivity contribution < 1.29 is 37.6 Å². The van der Waals surface area contributed by atoms with Crippen molar-refractivity contribution in [3.63, 3.8) is 0 Å². The molecule has 0 atom stereocenters. The van der Waals surface area contributed by atoms with Gasteiger partial charge in [-0.2, -0.15) is 0 Å². The second-order valence-electron chi connectivity index (χ2n) is 10.1. The van der Waals surface area contributed by atoms with Crippen molar-refractivity contribution in [1.82, 2.24) is 0 Å². The third-order valence-electron chi connectivity index (χ3n) is 5.62. The summed E-state index contributed by atoms with van der Waals surface area (Å²) in [4.78, 5) is 49.1.